The van der Waals surface area contributed by atoms with E-state index in [0.717, 1.165) is 29.3 Å². The third kappa shape index (κ3) is 2.38. The summed E-state index contributed by atoms with van der Waals surface area (Å²) in [6.45, 7) is 1.93. The molecule has 0 aliphatic heterocycles. The van der Waals surface area contributed by atoms with Crippen LogP contribution in [0.3, 0.4) is 0 Å². The molecule has 0 fully saturated rings. The fraction of sp³-hybridized carbons (Fsp3) is 0.0625. The van der Waals surface area contributed by atoms with Crippen molar-refractivity contribution in [2.45, 2.75) is 6.92 Å². The van der Waals surface area contributed by atoms with Gasteiger partial charge in [-0.3, -0.25) is 0 Å². The standard InChI is InChI=1S/C16H12F2N2O/c1-9-3-2-4-10(7-9)14-15(20-21-16(14)19)12-8-11(17)5-6-13(12)18/h2-8H,19H2,1H3. The molecule has 1 aromatic heterocycles. The van der Waals surface area contributed by atoms with Gasteiger partial charge < -0.3 is 10.3 Å². The molecule has 0 radical (unpaired) electrons. The third-order valence-electron chi connectivity index (χ3n) is 3.21. The van der Waals surface area contributed by atoms with Gasteiger partial charge in [-0.1, -0.05) is 35.0 Å². The monoisotopic (exact) mass is 286 g/mol. The number of nitrogens with two attached hydrogens (primary N) is 1. The number of aryl methyl sites for hydroxylation is 1. The molecule has 0 spiro atoms. The van der Waals surface area contributed by atoms with E-state index >= 15 is 0 Å². The van der Waals surface area contributed by atoms with E-state index in [2.05, 4.69) is 5.16 Å². The predicted molar refractivity (Wildman–Crippen MR) is 76.4 cm³/mol. The van der Waals surface area contributed by atoms with Crippen molar-refractivity contribution in [1.29, 1.82) is 0 Å². The molecule has 21 heavy (non-hydrogen) atoms. The molecule has 1 heterocycles. The van der Waals surface area contributed by atoms with E-state index in [1.165, 1.54) is 0 Å². The van der Waals surface area contributed by atoms with Crippen molar-refractivity contribution in [3.05, 3.63) is 59.7 Å². The first-order valence-electron chi connectivity index (χ1n) is 6.34. The number of benzene rings is 2. The van der Waals surface area contributed by atoms with Crippen LogP contribution < -0.4 is 5.73 Å². The fourth-order valence-corrected chi connectivity index (χ4v) is 2.25. The minimum absolute atomic E-state index is 0.0203. The number of aromatic nitrogens is 1. The van der Waals surface area contributed by atoms with E-state index in [-0.39, 0.29) is 17.1 Å². The Morgan fingerprint density at radius 2 is 1.90 bits per heavy atom. The number of hydrogen-bond acceptors (Lipinski definition) is 3. The van der Waals surface area contributed by atoms with Crippen molar-refractivity contribution < 1.29 is 13.3 Å². The highest BCUT2D eigenvalue weighted by Gasteiger charge is 2.20. The molecule has 0 amide bonds. The molecule has 0 aliphatic rings. The van der Waals surface area contributed by atoms with Gasteiger partial charge in [-0.15, -0.1) is 0 Å². The first-order valence-corrected chi connectivity index (χ1v) is 6.34. The van der Waals surface area contributed by atoms with Gasteiger partial charge in [0.25, 0.3) is 0 Å². The molecule has 2 aromatic carbocycles. The fourth-order valence-electron chi connectivity index (χ4n) is 2.25. The molecule has 0 atom stereocenters. The lowest BCUT2D eigenvalue weighted by atomic mass is 9.99. The van der Waals surface area contributed by atoms with Crippen molar-refractivity contribution in [3.63, 3.8) is 0 Å². The average Bonchev–Trinajstić information content (AvgIpc) is 2.83. The van der Waals surface area contributed by atoms with Crippen LogP contribution in [0.2, 0.25) is 0 Å². The largest absolute Gasteiger partial charge is 0.367 e. The summed E-state index contributed by atoms with van der Waals surface area (Å²) in [4.78, 5) is 0. The maximum Gasteiger partial charge on any atom is 0.230 e. The van der Waals surface area contributed by atoms with Crippen LogP contribution in [0.5, 0.6) is 0 Å². The van der Waals surface area contributed by atoms with Crippen molar-refractivity contribution >= 4 is 5.88 Å². The molecule has 3 nitrogen and oxygen atoms in total. The van der Waals surface area contributed by atoms with Gasteiger partial charge >= 0.3 is 0 Å². The number of nitrogen functional groups attached to an aromatic ring is 1. The summed E-state index contributed by atoms with van der Waals surface area (Å²) in [5, 5.41) is 3.79. The van der Waals surface area contributed by atoms with Crippen LogP contribution in [0.4, 0.5) is 14.7 Å². The molecule has 0 unspecified atom stereocenters. The quantitative estimate of drug-likeness (QED) is 0.769. The normalized spacial score (nSPS) is 10.8. The number of hydrogen-bond donors (Lipinski definition) is 1. The summed E-state index contributed by atoms with van der Waals surface area (Å²) in [7, 11) is 0. The van der Waals surface area contributed by atoms with Gasteiger partial charge in [0.2, 0.25) is 5.88 Å². The Balaban J connectivity index is 2.24. The molecule has 0 aliphatic carbocycles. The summed E-state index contributed by atoms with van der Waals surface area (Å²) in [6.07, 6.45) is 0. The molecular weight excluding hydrogens is 274 g/mol. The third-order valence-corrected chi connectivity index (χ3v) is 3.21. The van der Waals surface area contributed by atoms with Gasteiger partial charge in [0.1, 0.15) is 17.3 Å². The van der Waals surface area contributed by atoms with Crippen LogP contribution >= 0.6 is 0 Å². The van der Waals surface area contributed by atoms with Gasteiger partial charge in [0.05, 0.1) is 5.56 Å². The summed E-state index contributed by atoms with van der Waals surface area (Å²) < 4.78 is 32.3. The predicted octanol–water partition coefficient (Wildman–Crippen LogP) is 4.18. The van der Waals surface area contributed by atoms with E-state index in [9.17, 15) is 8.78 Å². The Labute approximate surface area is 120 Å². The number of nitrogens with zero attached hydrogens (tertiary/aromatic N) is 1. The molecule has 106 valence electrons. The van der Waals surface area contributed by atoms with Crippen molar-refractivity contribution in [2.24, 2.45) is 0 Å². The minimum atomic E-state index is -0.585. The Bertz CT molecular complexity index is 812. The SMILES string of the molecule is Cc1cccc(-c2c(-c3cc(F)ccc3F)noc2N)c1. The topological polar surface area (TPSA) is 52.0 Å². The van der Waals surface area contributed by atoms with Crippen LogP contribution in [0.15, 0.2) is 47.0 Å². The lowest BCUT2D eigenvalue weighted by Crippen LogP contribution is -1.91. The molecule has 2 N–H and O–H groups in total. The highest BCUT2D eigenvalue weighted by molar-refractivity contribution is 5.87. The summed E-state index contributed by atoms with van der Waals surface area (Å²) in [5.41, 5.74) is 8.23. The summed E-state index contributed by atoms with van der Waals surface area (Å²) >= 11 is 0. The molecule has 3 aromatic rings. The second-order valence-electron chi connectivity index (χ2n) is 4.76. The first-order chi connectivity index (χ1) is 10.1. The van der Waals surface area contributed by atoms with Crippen LogP contribution in [-0.4, -0.2) is 5.16 Å². The van der Waals surface area contributed by atoms with Gasteiger partial charge in [0, 0.05) is 5.56 Å². The Morgan fingerprint density at radius 1 is 1.10 bits per heavy atom. The van der Waals surface area contributed by atoms with Crippen molar-refractivity contribution in [1.82, 2.24) is 5.16 Å². The van der Waals surface area contributed by atoms with E-state index < -0.39 is 11.6 Å². The molecule has 0 saturated heterocycles. The van der Waals surface area contributed by atoms with Crippen molar-refractivity contribution in [2.75, 3.05) is 5.73 Å². The zero-order valence-corrected chi connectivity index (χ0v) is 11.2. The maximum absolute atomic E-state index is 14.0. The average molecular weight is 286 g/mol. The summed E-state index contributed by atoms with van der Waals surface area (Å²) in [6, 6.07) is 10.6. The van der Waals surface area contributed by atoms with Crippen LogP contribution in [-0.2, 0) is 0 Å². The van der Waals surface area contributed by atoms with Gasteiger partial charge in [0.15, 0.2) is 0 Å². The zero-order chi connectivity index (χ0) is 15.0. The smallest absolute Gasteiger partial charge is 0.230 e. The van der Waals surface area contributed by atoms with Gasteiger partial charge in [-0.2, -0.15) is 0 Å². The highest BCUT2D eigenvalue weighted by atomic mass is 19.1. The number of halogens is 2. The van der Waals surface area contributed by atoms with E-state index in [1.807, 2.05) is 31.2 Å². The Kier molecular flexibility index (Phi) is 3.17. The maximum atomic E-state index is 14.0. The molecule has 0 saturated carbocycles. The number of rotatable bonds is 2. The van der Waals surface area contributed by atoms with E-state index in [4.69, 9.17) is 10.3 Å². The van der Waals surface area contributed by atoms with Crippen LogP contribution in [0.25, 0.3) is 22.4 Å². The first kappa shape index (κ1) is 13.3. The van der Waals surface area contributed by atoms with Crippen LogP contribution in [0.1, 0.15) is 5.56 Å². The lowest BCUT2D eigenvalue weighted by molar-refractivity contribution is 0.439. The molecule has 3 rings (SSSR count). The zero-order valence-electron chi connectivity index (χ0n) is 11.2. The Hall–Kier alpha value is -2.69. The van der Waals surface area contributed by atoms with Crippen LogP contribution in [0, 0.1) is 18.6 Å². The van der Waals surface area contributed by atoms with Crippen molar-refractivity contribution in [3.8, 4) is 22.4 Å². The summed E-state index contributed by atoms with van der Waals surface area (Å²) in [5.74, 6) is -1.07. The molecule has 0 bridgehead atoms. The second-order valence-corrected chi connectivity index (χ2v) is 4.76. The highest BCUT2D eigenvalue weighted by Crippen LogP contribution is 2.37. The minimum Gasteiger partial charge on any atom is -0.367 e. The van der Waals surface area contributed by atoms with Gasteiger partial charge in [-0.05, 0) is 30.7 Å². The lowest BCUT2D eigenvalue weighted by Gasteiger charge is -2.05. The second kappa shape index (κ2) is 5.01. The number of anilines is 1. The van der Waals surface area contributed by atoms with E-state index in [1.54, 1.807) is 0 Å². The Morgan fingerprint density at radius 3 is 2.67 bits per heavy atom. The van der Waals surface area contributed by atoms with E-state index in [0.29, 0.717) is 5.56 Å². The molecule has 5 heteroatoms. The van der Waals surface area contributed by atoms with Gasteiger partial charge in [-0.25, -0.2) is 8.78 Å². The molecular formula is C16H12F2N2O.